The number of carbonyl (C=O) groups is 2. The Labute approximate surface area is 211 Å². The van der Waals surface area contributed by atoms with E-state index < -0.39 is 27.1 Å². The molecule has 1 aromatic carbocycles. The molecule has 190 valence electrons. The van der Waals surface area contributed by atoms with Crippen LogP contribution in [0.5, 0.6) is 0 Å². The number of benzene rings is 1. The third-order valence-corrected chi connectivity index (χ3v) is 8.95. The molecule has 2 heterocycles. The summed E-state index contributed by atoms with van der Waals surface area (Å²) in [4.78, 5) is 27.9. The summed E-state index contributed by atoms with van der Waals surface area (Å²) in [6, 6.07) is 9.54. The Morgan fingerprint density at radius 2 is 2.03 bits per heavy atom. The van der Waals surface area contributed by atoms with Crippen LogP contribution in [0.2, 0.25) is 0 Å². The molecule has 2 aliphatic carbocycles. The van der Waals surface area contributed by atoms with Crippen molar-refractivity contribution >= 4 is 33.7 Å². The fourth-order valence-electron chi connectivity index (χ4n) is 6.82. The highest BCUT2D eigenvalue weighted by molar-refractivity contribution is 7.85. The number of likely N-dealkylation sites (tertiary alicyclic amines) is 1. The SMILES string of the molecule is CS(=O)(=O)OC[C@@H]1C[C@@H]2CC3=C(CC(Cl)C(=O)N3)[C@]3(C1)[C@@H]2CCCN3C(=O)OCc1ccccc1. The summed E-state index contributed by atoms with van der Waals surface area (Å²) in [5.41, 5.74) is 2.11. The first kappa shape index (κ1) is 24.6. The monoisotopic (exact) mass is 522 g/mol. The molecule has 2 fully saturated rings. The number of alkyl halides is 1. The van der Waals surface area contributed by atoms with E-state index in [1.54, 1.807) is 0 Å². The minimum atomic E-state index is -3.58. The molecule has 1 saturated carbocycles. The van der Waals surface area contributed by atoms with E-state index in [4.69, 9.17) is 20.5 Å². The van der Waals surface area contributed by atoms with Crippen LogP contribution in [-0.2, 0) is 30.4 Å². The molecule has 0 radical (unpaired) electrons. The Balaban J connectivity index is 1.50. The standard InChI is InChI=1S/C25H31ClN2O6S/c1-35(31,32)34-15-17-10-18-11-22-20(12-21(26)23(29)27-22)25(13-17)19(18)8-5-9-28(25)24(30)33-14-16-6-3-2-4-7-16/h2-4,6-7,17-19,21H,5,8-15H2,1H3,(H,27,29)/t17-,18-,19-,21?,25+/m1/s1. The maximum atomic E-state index is 13.6. The number of amides is 2. The van der Waals surface area contributed by atoms with Gasteiger partial charge in [0.1, 0.15) is 12.0 Å². The van der Waals surface area contributed by atoms with E-state index in [0.717, 1.165) is 42.4 Å². The summed E-state index contributed by atoms with van der Waals surface area (Å²) in [5.74, 6) is 0.151. The maximum absolute atomic E-state index is 13.6. The summed E-state index contributed by atoms with van der Waals surface area (Å²) in [6.45, 7) is 0.784. The molecule has 4 aliphatic rings. The molecule has 1 unspecified atom stereocenters. The quantitative estimate of drug-likeness (QED) is 0.468. The molecule has 2 bridgehead atoms. The number of halogens is 1. The number of hydrogen-bond donors (Lipinski definition) is 1. The zero-order chi connectivity index (χ0) is 24.8. The van der Waals surface area contributed by atoms with E-state index in [-0.39, 0.29) is 36.9 Å². The lowest BCUT2D eigenvalue weighted by molar-refractivity contribution is -0.121. The van der Waals surface area contributed by atoms with Gasteiger partial charge in [0.25, 0.3) is 10.1 Å². The molecule has 0 spiro atoms. The molecular weight excluding hydrogens is 492 g/mol. The van der Waals surface area contributed by atoms with E-state index in [9.17, 15) is 18.0 Å². The number of nitrogens with one attached hydrogen (secondary N) is 1. The van der Waals surface area contributed by atoms with Gasteiger partial charge in [-0.25, -0.2) is 4.79 Å². The van der Waals surface area contributed by atoms with Gasteiger partial charge in [0.05, 0.1) is 18.4 Å². The number of ether oxygens (including phenoxy) is 1. The van der Waals surface area contributed by atoms with Crippen molar-refractivity contribution in [2.24, 2.45) is 17.8 Å². The largest absolute Gasteiger partial charge is 0.445 e. The second-order valence-corrected chi connectivity index (χ2v) is 12.4. The summed E-state index contributed by atoms with van der Waals surface area (Å²) in [6.07, 6.45) is 4.90. The summed E-state index contributed by atoms with van der Waals surface area (Å²) >= 11 is 6.43. The normalized spacial score (nSPS) is 32.4. The lowest BCUT2D eigenvalue weighted by Crippen LogP contribution is -2.68. The van der Waals surface area contributed by atoms with E-state index in [0.29, 0.717) is 25.8 Å². The fraction of sp³-hybridized carbons (Fsp3) is 0.600. The molecule has 2 amide bonds. The minimum absolute atomic E-state index is 0.0473. The van der Waals surface area contributed by atoms with Crippen molar-refractivity contribution in [1.82, 2.24) is 10.2 Å². The van der Waals surface area contributed by atoms with Crippen LogP contribution >= 0.6 is 11.6 Å². The zero-order valence-corrected chi connectivity index (χ0v) is 21.3. The van der Waals surface area contributed by atoms with E-state index in [1.807, 2.05) is 35.2 Å². The number of rotatable bonds is 5. The molecule has 1 saturated heterocycles. The Bertz CT molecular complexity index is 1140. The van der Waals surface area contributed by atoms with Gasteiger partial charge in [-0.3, -0.25) is 13.9 Å². The average molecular weight is 523 g/mol. The van der Waals surface area contributed by atoms with E-state index >= 15 is 0 Å². The molecule has 5 rings (SSSR count). The van der Waals surface area contributed by atoms with Crippen molar-refractivity contribution in [3.8, 4) is 0 Å². The molecule has 1 N–H and O–H groups in total. The van der Waals surface area contributed by atoms with Gasteiger partial charge in [-0.05, 0) is 67.4 Å². The highest BCUT2D eigenvalue weighted by atomic mass is 35.5. The first-order valence-electron chi connectivity index (χ1n) is 12.2. The van der Waals surface area contributed by atoms with Gasteiger partial charge in [-0.2, -0.15) is 8.42 Å². The smallest absolute Gasteiger partial charge is 0.410 e. The molecule has 5 atom stereocenters. The number of allylic oxidation sites excluding steroid dienone is 1. The van der Waals surface area contributed by atoms with Crippen molar-refractivity contribution in [2.45, 2.75) is 56.0 Å². The van der Waals surface area contributed by atoms with Gasteiger partial charge in [-0.15, -0.1) is 11.6 Å². The zero-order valence-electron chi connectivity index (χ0n) is 19.7. The maximum Gasteiger partial charge on any atom is 0.410 e. The third kappa shape index (κ3) is 4.70. The highest BCUT2D eigenvalue weighted by Gasteiger charge is 2.61. The van der Waals surface area contributed by atoms with Gasteiger partial charge in [0.15, 0.2) is 0 Å². The van der Waals surface area contributed by atoms with Crippen molar-refractivity contribution < 1.29 is 26.9 Å². The highest BCUT2D eigenvalue weighted by Crippen LogP contribution is 2.59. The predicted molar refractivity (Wildman–Crippen MR) is 130 cm³/mol. The predicted octanol–water partition coefficient (Wildman–Crippen LogP) is 3.56. The Morgan fingerprint density at radius 3 is 2.77 bits per heavy atom. The third-order valence-electron chi connectivity index (χ3n) is 8.04. The van der Waals surface area contributed by atoms with Crippen LogP contribution in [0.4, 0.5) is 4.79 Å². The fourth-order valence-corrected chi connectivity index (χ4v) is 7.47. The number of hydrogen-bond acceptors (Lipinski definition) is 6. The van der Waals surface area contributed by atoms with Gasteiger partial charge in [0, 0.05) is 12.2 Å². The number of carbonyl (C=O) groups excluding carboxylic acids is 2. The molecule has 0 aromatic heterocycles. The second-order valence-electron chi connectivity index (χ2n) is 10.2. The molecular formula is C25H31ClN2O6S. The van der Waals surface area contributed by atoms with Crippen LogP contribution in [0.1, 0.15) is 44.1 Å². The van der Waals surface area contributed by atoms with Crippen molar-refractivity contribution in [2.75, 3.05) is 19.4 Å². The van der Waals surface area contributed by atoms with Crippen LogP contribution in [0.3, 0.4) is 0 Å². The van der Waals surface area contributed by atoms with Gasteiger partial charge in [0.2, 0.25) is 5.91 Å². The topological polar surface area (TPSA) is 102 Å². The number of nitrogens with zero attached hydrogens (tertiary/aromatic N) is 1. The lowest BCUT2D eigenvalue weighted by Gasteiger charge is -2.62. The van der Waals surface area contributed by atoms with Crippen molar-refractivity contribution in [3.05, 3.63) is 47.2 Å². The Morgan fingerprint density at radius 1 is 1.26 bits per heavy atom. The van der Waals surface area contributed by atoms with Crippen LogP contribution in [0, 0.1) is 17.8 Å². The van der Waals surface area contributed by atoms with E-state index in [2.05, 4.69) is 5.32 Å². The van der Waals surface area contributed by atoms with Crippen LogP contribution in [-0.4, -0.2) is 55.6 Å². The van der Waals surface area contributed by atoms with Crippen LogP contribution in [0.15, 0.2) is 41.6 Å². The molecule has 10 heteroatoms. The molecule has 2 aliphatic heterocycles. The first-order chi connectivity index (χ1) is 16.7. The molecule has 1 aromatic rings. The Hall–Kier alpha value is -2.10. The molecule has 35 heavy (non-hydrogen) atoms. The van der Waals surface area contributed by atoms with Crippen LogP contribution in [0.25, 0.3) is 0 Å². The lowest BCUT2D eigenvalue weighted by atomic mass is 9.52. The summed E-state index contributed by atoms with van der Waals surface area (Å²) in [7, 11) is -3.58. The van der Waals surface area contributed by atoms with E-state index in [1.165, 1.54) is 0 Å². The summed E-state index contributed by atoms with van der Waals surface area (Å²) < 4.78 is 34.4. The van der Waals surface area contributed by atoms with Gasteiger partial charge < -0.3 is 10.1 Å². The van der Waals surface area contributed by atoms with Crippen molar-refractivity contribution in [1.29, 1.82) is 0 Å². The Kier molecular flexibility index (Phi) is 6.61. The second kappa shape index (κ2) is 9.41. The molecule has 8 nitrogen and oxygen atoms in total. The summed E-state index contributed by atoms with van der Waals surface area (Å²) in [5, 5.41) is 2.30. The average Bonchev–Trinajstić information content (AvgIpc) is 2.82. The minimum Gasteiger partial charge on any atom is -0.445 e. The first-order valence-corrected chi connectivity index (χ1v) is 14.4. The van der Waals surface area contributed by atoms with Crippen LogP contribution < -0.4 is 5.32 Å². The number of piperidine rings is 1. The van der Waals surface area contributed by atoms with Gasteiger partial charge in [-0.1, -0.05) is 30.3 Å². The van der Waals surface area contributed by atoms with Crippen molar-refractivity contribution in [3.63, 3.8) is 0 Å². The van der Waals surface area contributed by atoms with Gasteiger partial charge >= 0.3 is 6.09 Å².